The van der Waals surface area contributed by atoms with Crippen molar-refractivity contribution >= 4 is 5.91 Å². The van der Waals surface area contributed by atoms with E-state index in [2.05, 4.69) is 5.32 Å². The minimum atomic E-state index is -1.01. The number of carbonyl (C=O) groups excluding carboxylic acids is 1. The number of rotatable bonds is 8. The minimum Gasteiger partial charge on any atom is -0.493 e. The molecule has 138 valence electrons. The van der Waals surface area contributed by atoms with Crippen LogP contribution in [0.5, 0.6) is 11.5 Å². The van der Waals surface area contributed by atoms with Crippen LogP contribution in [-0.2, 0) is 16.8 Å². The summed E-state index contributed by atoms with van der Waals surface area (Å²) in [5.41, 5.74) is 0.679. The first kappa shape index (κ1) is 18.3. The lowest BCUT2D eigenvalue weighted by Gasteiger charge is -2.29. The molecule has 1 amide bonds. The Kier molecular flexibility index (Phi) is 5.47. The number of ether oxygens (including phenoxy) is 2. The predicted molar refractivity (Wildman–Crippen MR) is 99.3 cm³/mol. The molecule has 5 nitrogen and oxygen atoms in total. The van der Waals surface area contributed by atoms with Gasteiger partial charge in [0.1, 0.15) is 5.60 Å². The van der Waals surface area contributed by atoms with E-state index in [1.54, 1.807) is 26.4 Å². The van der Waals surface area contributed by atoms with Gasteiger partial charge in [-0.2, -0.15) is 0 Å². The van der Waals surface area contributed by atoms with E-state index in [1.165, 1.54) is 0 Å². The van der Waals surface area contributed by atoms with E-state index in [0.29, 0.717) is 11.5 Å². The van der Waals surface area contributed by atoms with Crippen LogP contribution >= 0.6 is 0 Å². The molecule has 1 fully saturated rings. The zero-order valence-corrected chi connectivity index (χ0v) is 15.2. The van der Waals surface area contributed by atoms with Crippen molar-refractivity contribution in [2.75, 3.05) is 20.8 Å². The minimum absolute atomic E-state index is 0.132. The fourth-order valence-corrected chi connectivity index (χ4v) is 3.24. The first-order valence-corrected chi connectivity index (χ1v) is 8.82. The average molecular weight is 355 g/mol. The molecule has 1 aliphatic carbocycles. The number of hydrogen-bond donors (Lipinski definition) is 2. The Bertz CT molecular complexity index is 758. The topological polar surface area (TPSA) is 67.8 Å². The van der Waals surface area contributed by atoms with E-state index in [0.717, 1.165) is 24.0 Å². The van der Waals surface area contributed by atoms with Gasteiger partial charge < -0.3 is 19.9 Å². The van der Waals surface area contributed by atoms with Gasteiger partial charge in [0.25, 0.3) is 0 Å². The quantitative estimate of drug-likeness (QED) is 0.764. The van der Waals surface area contributed by atoms with Crippen molar-refractivity contribution in [2.24, 2.45) is 5.92 Å². The van der Waals surface area contributed by atoms with Crippen LogP contribution in [0.4, 0.5) is 0 Å². The van der Waals surface area contributed by atoms with Crippen LogP contribution in [0, 0.1) is 5.92 Å². The van der Waals surface area contributed by atoms with Crippen molar-refractivity contribution in [1.82, 2.24) is 5.32 Å². The molecule has 0 heterocycles. The number of benzene rings is 2. The Hall–Kier alpha value is -2.53. The summed E-state index contributed by atoms with van der Waals surface area (Å²) in [5, 5.41) is 14.0. The summed E-state index contributed by atoms with van der Waals surface area (Å²) >= 11 is 0. The highest BCUT2D eigenvalue weighted by Crippen LogP contribution is 2.45. The third-order valence-corrected chi connectivity index (χ3v) is 4.89. The smallest absolute Gasteiger partial charge is 0.224 e. The molecule has 1 atom stereocenters. The van der Waals surface area contributed by atoms with Crippen molar-refractivity contribution in [3.8, 4) is 11.5 Å². The molecule has 26 heavy (non-hydrogen) atoms. The second kappa shape index (κ2) is 7.79. The first-order chi connectivity index (χ1) is 12.6. The van der Waals surface area contributed by atoms with Crippen molar-refractivity contribution in [3.05, 3.63) is 59.7 Å². The highest BCUT2D eigenvalue weighted by Gasteiger charge is 2.45. The number of methoxy groups -OCH3 is 2. The number of amides is 1. The van der Waals surface area contributed by atoms with Crippen LogP contribution in [-0.4, -0.2) is 31.8 Å². The summed E-state index contributed by atoms with van der Waals surface area (Å²) in [6, 6.07) is 15.0. The van der Waals surface area contributed by atoms with Crippen LogP contribution in [0.3, 0.4) is 0 Å². The molecule has 2 aromatic rings. The lowest BCUT2D eigenvalue weighted by molar-refractivity contribution is -0.122. The third-order valence-electron chi connectivity index (χ3n) is 4.89. The molecule has 1 unspecified atom stereocenters. The van der Waals surface area contributed by atoms with Gasteiger partial charge in [-0.1, -0.05) is 36.4 Å². The second-order valence-electron chi connectivity index (χ2n) is 6.71. The zero-order chi connectivity index (χ0) is 18.6. The summed E-state index contributed by atoms with van der Waals surface area (Å²) in [7, 11) is 3.14. The van der Waals surface area contributed by atoms with E-state index in [-0.39, 0.29) is 24.8 Å². The standard InChI is InChI=1S/C21H25NO4/c1-25-18-11-8-15(12-19(18)26-2)13-20(23)22-14-21(24,17-9-10-17)16-6-4-3-5-7-16/h3-8,11-12,17,24H,9-10,13-14H2,1-2H3,(H,22,23). The molecule has 0 saturated heterocycles. The molecule has 0 bridgehead atoms. The first-order valence-electron chi connectivity index (χ1n) is 8.82. The van der Waals surface area contributed by atoms with Crippen molar-refractivity contribution in [1.29, 1.82) is 0 Å². The molecule has 2 aromatic carbocycles. The second-order valence-corrected chi connectivity index (χ2v) is 6.71. The van der Waals surface area contributed by atoms with Gasteiger partial charge in [-0.05, 0) is 42.0 Å². The van der Waals surface area contributed by atoms with Crippen LogP contribution in [0.15, 0.2) is 48.5 Å². The number of nitrogens with one attached hydrogen (secondary N) is 1. The normalized spacial score (nSPS) is 15.8. The Morgan fingerprint density at radius 3 is 2.42 bits per heavy atom. The fraction of sp³-hybridized carbons (Fsp3) is 0.381. The maximum absolute atomic E-state index is 12.4. The highest BCUT2D eigenvalue weighted by atomic mass is 16.5. The van der Waals surface area contributed by atoms with Gasteiger partial charge in [0, 0.05) is 0 Å². The highest BCUT2D eigenvalue weighted by molar-refractivity contribution is 5.79. The zero-order valence-electron chi connectivity index (χ0n) is 15.2. The van der Waals surface area contributed by atoms with Gasteiger partial charge in [-0.3, -0.25) is 4.79 Å². The summed E-state index contributed by atoms with van der Waals surface area (Å²) in [6.07, 6.45) is 2.18. The van der Waals surface area contributed by atoms with Gasteiger partial charge in [0.2, 0.25) is 5.91 Å². The van der Waals surface area contributed by atoms with Crippen LogP contribution in [0.1, 0.15) is 24.0 Å². The summed E-state index contributed by atoms with van der Waals surface area (Å²) in [6.45, 7) is 0.216. The van der Waals surface area contributed by atoms with E-state index in [9.17, 15) is 9.90 Å². The Morgan fingerprint density at radius 2 is 1.81 bits per heavy atom. The lowest BCUT2D eigenvalue weighted by Crippen LogP contribution is -2.43. The van der Waals surface area contributed by atoms with Gasteiger partial charge in [-0.15, -0.1) is 0 Å². The van der Waals surface area contributed by atoms with Crippen molar-refractivity contribution < 1.29 is 19.4 Å². The molecular weight excluding hydrogens is 330 g/mol. The largest absolute Gasteiger partial charge is 0.493 e. The fourth-order valence-electron chi connectivity index (χ4n) is 3.24. The molecule has 3 rings (SSSR count). The molecule has 1 aliphatic rings. The van der Waals surface area contributed by atoms with Crippen LogP contribution in [0.2, 0.25) is 0 Å². The number of hydrogen-bond acceptors (Lipinski definition) is 4. The van der Waals surface area contributed by atoms with Crippen molar-refractivity contribution in [3.63, 3.8) is 0 Å². The average Bonchev–Trinajstić information content (AvgIpc) is 3.52. The van der Waals surface area contributed by atoms with E-state index in [1.807, 2.05) is 36.4 Å². The molecule has 0 aromatic heterocycles. The Morgan fingerprint density at radius 1 is 1.12 bits per heavy atom. The van der Waals surface area contributed by atoms with Gasteiger partial charge in [0.15, 0.2) is 11.5 Å². The SMILES string of the molecule is COc1ccc(CC(=O)NCC(O)(c2ccccc2)C2CC2)cc1OC. The van der Waals surface area contributed by atoms with E-state index >= 15 is 0 Å². The van der Waals surface area contributed by atoms with Crippen LogP contribution < -0.4 is 14.8 Å². The number of aliphatic hydroxyl groups is 1. The molecular formula is C21H25NO4. The molecule has 1 saturated carbocycles. The molecule has 0 radical (unpaired) electrons. The Balaban J connectivity index is 1.64. The number of carbonyl (C=O) groups is 1. The summed E-state index contributed by atoms with van der Waals surface area (Å²) in [4.78, 5) is 12.4. The maximum Gasteiger partial charge on any atom is 0.224 e. The lowest BCUT2D eigenvalue weighted by atomic mass is 9.88. The van der Waals surface area contributed by atoms with E-state index < -0.39 is 5.60 Å². The molecule has 0 aliphatic heterocycles. The maximum atomic E-state index is 12.4. The monoisotopic (exact) mass is 355 g/mol. The van der Waals surface area contributed by atoms with Gasteiger partial charge in [0.05, 0.1) is 27.2 Å². The molecule has 2 N–H and O–H groups in total. The van der Waals surface area contributed by atoms with Gasteiger partial charge >= 0.3 is 0 Å². The summed E-state index contributed by atoms with van der Waals surface area (Å²) < 4.78 is 10.5. The molecule has 5 heteroatoms. The van der Waals surface area contributed by atoms with E-state index in [4.69, 9.17) is 9.47 Å². The Labute approximate surface area is 153 Å². The molecule has 0 spiro atoms. The predicted octanol–water partition coefficient (Wildman–Crippen LogP) is 2.66. The third kappa shape index (κ3) is 3.99. The van der Waals surface area contributed by atoms with Crippen molar-refractivity contribution in [2.45, 2.75) is 24.9 Å². The van der Waals surface area contributed by atoms with Crippen LogP contribution in [0.25, 0.3) is 0 Å². The summed E-state index contributed by atoms with van der Waals surface area (Å²) in [5.74, 6) is 1.29. The van der Waals surface area contributed by atoms with Gasteiger partial charge in [-0.25, -0.2) is 0 Å².